The van der Waals surface area contributed by atoms with E-state index in [4.69, 9.17) is 9.15 Å². The summed E-state index contributed by atoms with van der Waals surface area (Å²) >= 11 is 0. The van der Waals surface area contributed by atoms with Gasteiger partial charge in [-0.15, -0.1) is 0 Å². The molecule has 2 heterocycles. The van der Waals surface area contributed by atoms with Gasteiger partial charge in [-0.05, 0) is 42.3 Å². The van der Waals surface area contributed by atoms with Crippen LogP contribution in [-0.2, 0) is 16.1 Å². The summed E-state index contributed by atoms with van der Waals surface area (Å²) in [7, 11) is 1.32. The highest BCUT2D eigenvalue weighted by molar-refractivity contribution is 5.87. The van der Waals surface area contributed by atoms with Gasteiger partial charge in [0, 0.05) is 6.07 Å². The van der Waals surface area contributed by atoms with E-state index in [1.165, 1.54) is 19.6 Å². The average Bonchev–Trinajstić information content (AvgIpc) is 2.80. The van der Waals surface area contributed by atoms with Crippen LogP contribution in [0.2, 0.25) is 0 Å². The average molecular weight is 421 g/mol. The van der Waals surface area contributed by atoms with Crippen LogP contribution in [0.3, 0.4) is 0 Å². The Labute approximate surface area is 181 Å². The summed E-state index contributed by atoms with van der Waals surface area (Å²) in [5.41, 5.74) is 0.306. The molecule has 0 radical (unpaired) electrons. The number of hydrogen-bond donors (Lipinski definition) is 1. The number of hydrogen-bond acceptors (Lipinski definition) is 6. The van der Waals surface area contributed by atoms with E-state index in [-0.39, 0.29) is 12.2 Å². The van der Waals surface area contributed by atoms with Crippen LogP contribution >= 0.6 is 0 Å². The number of methoxy groups -OCH3 is 1. The molecule has 1 atom stereocenters. The second kappa shape index (κ2) is 9.35. The van der Waals surface area contributed by atoms with Crippen LogP contribution in [0.25, 0.3) is 10.8 Å². The van der Waals surface area contributed by atoms with Crippen LogP contribution < -0.4 is 5.43 Å². The summed E-state index contributed by atoms with van der Waals surface area (Å²) in [5, 5.41) is 12.6. The Balaban J connectivity index is 1.81. The first-order valence-corrected chi connectivity index (χ1v) is 10.7. The van der Waals surface area contributed by atoms with E-state index in [9.17, 15) is 14.7 Å². The molecule has 1 aliphatic heterocycles. The number of esters is 1. The number of carbonyl (C=O) groups is 1. The molecule has 0 bridgehead atoms. The van der Waals surface area contributed by atoms with E-state index in [2.05, 4.69) is 4.90 Å². The molecule has 1 fully saturated rings. The van der Waals surface area contributed by atoms with Crippen LogP contribution in [0.5, 0.6) is 5.75 Å². The first-order chi connectivity index (χ1) is 15.1. The smallest absolute Gasteiger partial charge is 0.306 e. The van der Waals surface area contributed by atoms with Gasteiger partial charge >= 0.3 is 5.97 Å². The van der Waals surface area contributed by atoms with Gasteiger partial charge in [0.15, 0.2) is 5.76 Å². The summed E-state index contributed by atoms with van der Waals surface area (Å²) in [6.07, 6.45) is 3.41. The molecule has 0 amide bonds. The molecule has 0 aliphatic carbocycles. The van der Waals surface area contributed by atoms with Gasteiger partial charge in [0.1, 0.15) is 5.76 Å². The number of piperidine rings is 1. The lowest BCUT2D eigenvalue weighted by Crippen LogP contribution is -2.29. The maximum absolute atomic E-state index is 12.6. The Hall–Kier alpha value is -3.12. The number of benzene rings is 2. The Morgan fingerprint density at radius 3 is 2.65 bits per heavy atom. The number of ether oxygens (including phenoxy) is 1. The molecule has 4 rings (SSSR count). The van der Waals surface area contributed by atoms with Gasteiger partial charge in [-0.3, -0.25) is 14.5 Å². The lowest BCUT2D eigenvalue weighted by atomic mass is 9.88. The number of aromatic hydroxyl groups is 1. The van der Waals surface area contributed by atoms with Crippen molar-refractivity contribution in [3.05, 3.63) is 75.8 Å². The molecule has 0 spiro atoms. The lowest BCUT2D eigenvalue weighted by Gasteiger charge is -2.26. The van der Waals surface area contributed by atoms with Crippen molar-refractivity contribution in [3.63, 3.8) is 0 Å². The molecule has 162 valence electrons. The van der Waals surface area contributed by atoms with Crippen molar-refractivity contribution in [1.82, 2.24) is 4.90 Å². The minimum atomic E-state index is -0.646. The lowest BCUT2D eigenvalue weighted by molar-refractivity contribution is -0.140. The minimum Gasteiger partial charge on any atom is -0.502 e. The van der Waals surface area contributed by atoms with Gasteiger partial charge in [-0.2, -0.15) is 0 Å². The summed E-state index contributed by atoms with van der Waals surface area (Å²) < 4.78 is 11.0. The largest absolute Gasteiger partial charge is 0.502 e. The van der Waals surface area contributed by atoms with E-state index in [1.54, 1.807) is 0 Å². The standard InChI is InChI=1S/C25H27NO5/c1-30-23(28)15-21(20-11-7-9-17-8-3-4-10-19(17)20)25-24(29)22(27)14-18(31-25)16-26-12-5-2-6-13-26/h3-4,7-11,14,21,29H,2,5-6,12-13,15-16H2,1H3. The molecule has 1 N–H and O–H groups in total. The molecule has 1 unspecified atom stereocenters. The predicted molar refractivity (Wildman–Crippen MR) is 118 cm³/mol. The van der Waals surface area contributed by atoms with E-state index in [1.807, 2.05) is 42.5 Å². The van der Waals surface area contributed by atoms with Gasteiger partial charge in [0.05, 0.1) is 26.0 Å². The number of fused-ring (bicyclic) bond motifs is 1. The van der Waals surface area contributed by atoms with Crippen molar-refractivity contribution in [3.8, 4) is 5.75 Å². The Morgan fingerprint density at radius 1 is 1.13 bits per heavy atom. The van der Waals surface area contributed by atoms with E-state index >= 15 is 0 Å². The third-order valence-corrected chi connectivity index (χ3v) is 5.94. The first-order valence-electron chi connectivity index (χ1n) is 10.7. The number of likely N-dealkylation sites (tertiary alicyclic amines) is 1. The zero-order valence-corrected chi connectivity index (χ0v) is 17.7. The van der Waals surface area contributed by atoms with E-state index in [0.717, 1.165) is 42.3 Å². The van der Waals surface area contributed by atoms with Crippen LogP contribution in [0.15, 0.2) is 57.7 Å². The SMILES string of the molecule is COC(=O)CC(c1oc(CN2CCCCC2)cc(=O)c1O)c1cccc2ccccc12. The maximum Gasteiger partial charge on any atom is 0.306 e. The molecule has 1 aliphatic rings. The normalized spacial score (nSPS) is 15.6. The molecule has 3 aromatic rings. The minimum absolute atomic E-state index is 0.0474. The van der Waals surface area contributed by atoms with Gasteiger partial charge < -0.3 is 14.3 Å². The van der Waals surface area contributed by atoms with Crippen LogP contribution in [0.1, 0.15) is 48.7 Å². The fraction of sp³-hybridized carbons (Fsp3) is 0.360. The second-order valence-electron chi connectivity index (χ2n) is 8.03. The number of nitrogens with zero attached hydrogens (tertiary/aromatic N) is 1. The fourth-order valence-electron chi connectivity index (χ4n) is 4.36. The van der Waals surface area contributed by atoms with Crippen molar-refractivity contribution >= 4 is 16.7 Å². The zero-order valence-electron chi connectivity index (χ0n) is 17.7. The summed E-state index contributed by atoms with van der Waals surface area (Å²) in [6, 6.07) is 14.9. The molecule has 1 aromatic heterocycles. The molecule has 6 nitrogen and oxygen atoms in total. The highest BCUT2D eigenvalue weighted by atomic mass is 16.5. The van der Waals surface area contributed by atoms with E-state index in [0.29, 0.717) is 12.3 Å². The third kappa shape index (κ3) is 4.64. The molecule has 6 heteroatoms. The molecule has 1 saturated heterocycles. The van der Waals surface area contributed by atoms with Gasteiger partial charge in [-0.1, -0.05) is 48.9 Å². The van der Waals surface area contributed by atoms with Crippen molar-refractivity contribution in [1.29, 1.82) is 0 Å². The summed E-state index contributed by atoms with van der Waals surface area (Å²) in [4.78, 5) is 27.1. The van der Waals surface area contributed by atoms with Crippen LogP contribution in [0.4, 0.5) is 0 Å². The predicted octanol–water partition coefficient (Wildman–Crippen LogP) is 4.18. The molecular formula is C25H27NO5. The highest BCUT2D eigenvalue weighted by Crippen LogP contribution is 2.37. The van der Waals surface area contributed by atoms with E-state index < -0.39 is 23.1 Å². The van der Waals surface area contributed by atoms with Gasteiger partial charge in [-0.25, -0.2) is 0 Å². The molecule has 0 saturated carbocycles. The summed E-state index contributed by atoms with van der Waals surface area (Å²) in [6.45, 7) is 2.41. The molecule has 2 aromatic carbocycles. The van der Waals surface area contributed by atoms with Crippen molar-refractivity contribution in [2.75, 3.05) is 20.2 Å². The number of carbonyl (C=O) groups excluding carboxylic acids is 1. The third-order valence-electron chi connectivity index (χ3n) is 5.94. The Bertz CT molecular complexity index is 1120. The zero-order chi connectivity index (χ0) is 21.8. The fourth-order valence-corrected chi connectivity index (χ4v) is 4.36. The quantitative estimate of drug-likeness (QED) is 0.602. The van der Waals surface area contributed by atoms with Crippen molar-refractivity contribution < 1.29 is 19.1 Å². The topological polar surface area (TPSA) is 80.0 Å². The molecule has 31 heavy (non-hydrogen) atoms. The summed E-state index contributed by atoms with van der Waals surface area (Å²) in [5.74, 6) is -0.936. The Morgan fingerprint density at radius 2 is 1.87 bits per heavy atom. The highest BCUT2D eigenvalue weighted by Gasteiger charge is 2.28. The van der Waals surface area contributed by atoms with Crippen molar-refractivity contribution in [2.24, 2.45) is 0 Å². The second-order valence-corrected chi connectivity index (χ2v) is 8.03. The van der Waals surface area contributed by atoms with Gasteiger partial charge in [0.2, 0.25) is 11.2 Å². The van der Waals surface area contributed by atoms with Crippen LogP contribution in [-0.4, -0.2) is 36.2 Å². The van der Waals surface area contributed by atoms with Crippen molar-refractivity contribution in [2.45, 2.75) is 38.1 Å². The van der Waals surface area contributed by atoms with Crippen LogP contribution in [0, 0.1) is 0 Å². The first kappa shape index (κ1) is 21.1. The monoisotopic (exact) mass is 421 g/mol. The van der Waals surface area contributed by atoms with Gasteiger partial charge in [0.25, 0.3) is 0 Å². The number of rotatable bonds is 6. The maximum atomic E-state index is 12.6. The molecular weight excluding hydrogens is 394 g/mol. The Kier molecular flexibility index (Phi) is 6.37.